The van der Waals surface area contributed by atoms with Crippen LogP contribution in [0.5, 0.6) is 5.75 Å². The van der Waals surface area contributed by atoms with E-state index < -0.39 is 0 Å². The van der Waals surface area contributed by atoms with Gasteiger partial charge in [0, 0.05) is 32.4 Å². The van der Waals surface area contributed by atoms with Crippen LogP contribution in [0.3, 0.4) is 0 Å². The molecular formula is C19H24N4O2. The predicted octanol–water partition coefficient (Wildman–Crippen LogP) is 1.40. The number of para-hydroxylation sites is 1. The molecule has 2 heterocycles. The Bertz CT molecular complexity index is 643. The molecule has 0 bridgehead atoms. The molecule has 6 nitrogen and oxygen atoms in total. The lowest BCUT2D eigenvalue weighted by Gasteiger charge is -2.34. The molecule has 1 amide bonds. The van der Waals surface area contributed by atoms with E-state index in [1.54, 1.807) is 0 Å². The van der Waals surface area contributed by atoms with Gasteiger partial charge in [0.15, 0.2) is 0 Å². The molecule has 1 aliphatic heterocycles. The van der Waals surface area contributed by atoms with Crippen molar-refractivity contribution in [3.05, 3.63) is 54.7 Å². The number of nitrogens with zero attached hydrogens (tertiary/aromatic N) is 3. The number of hydrogen-bond donors (Lipinski definition) is 1. The first-order valence-corrected chi connectivity index (χ1v) is 8.64. The van der Waals surface area contributed by atoms with Gasteiger partial charge in [-0.3, -0.25) is 9.69 Å². The van der Waals surface area contributed by atoms with Gasteiger partial charge in [0.2, 0.25) is 5.91 Å². The van der Waals surface area contributed by atoms with Crippen LogP contribution in [0.2, 0.25) is 0 Å². The van der Waals surface area contributed by atoms with Crippen molar-refractivity contribution in [2.45, 2.75) is 0 Å². The fraction of sp³-hybridized carbons (Fsp3) is 0.368. The van der Waals surface area contributed by atoms with E-state index in [2.05, 4.69) is 20.1 Å². The summed E-state index contributed by atoms with van der Waals surface area (Å²) >= 11 is 0. The van der Waals surface area contributed by atoms with Crippen LogP contribution in [0.25, 0.3) is 0 Å². The first kappa shape index (κ1) is 17.2. The highest BCUT2D eigenvalue weighted by Gasteiger charge is 2.19. The number of amides is 1. The molecule has 1 aromatic carbocycles. The summed E-state index contributed by atoms with van der Waals surface area (Å²) in [7, 11) is 0. The minimum atomic E-state index is 0.0444. The molecule has 25 heavy (non-hydrogen) atoms. The zero-order chi connectivity index (χ0) is 17.3. The molecule has 0 radical (unpaired) electrons. The topological polar surface area (TPSA) is 57.7 Å². The molecule has 0 aliphatic carbocycles. The van der Waals surface area contributed by atoms with Crippen LogP contribution in [0.1, 0.15) is 0 Å². The number of anilines is 1. The van der Waals surface area contributed by atoms with Crippen LogP contribution in [-0.2, 0) is 4.79 Å². The van der Waals surface area contributed by atoms with Crippen LogP contribution < -0.4 is 15.0 Å². The molecule has 1 aliphatic rings. The van der Waals surface area contributed by atoms with Crippen LogP contribution in [-0.4, -0.2) is 61.7 Å². The van der Waals surface area contributed by atoms with Gasteiger partial charge >= 0.3 is 0 Å². The Labute approximate surface area is 148 Å². The standard InChI is InChI=1S/C19H24N4O2/c24-19(21-10-15-25-17-6-2-1-3-7-17)16-22-11-13-23(14-12-22)18-8-4-5-9-20-18/h1-9H,10-16H2,(H,21,24). The van der Waals surface area contributed by atoms with Crippen LogP contribution in [0.4, 0.5) is 5.82 Å². The maximum absolute atomic E-state index is 12.0. The average molecular weight is 340 g/mol. The van der Waals surface area contributed by atoms with E-state index in [0.29, 0.717) is 19.7 Å². The van der Waals surface area contributed by atoms with Crippen LogP contribution in [0, 0.1) is 0 Å². The highest BCUT2D eigenvalue weighted by atomic mass is 16.5. The van der Waals surface area contributed by atoms with Gasteiger partial charge in [-0.2, -0.15) is 0 Å². The number of pyridine rings is 1. The van der Waals surface area contributed by atoms with Crippen molar-refractivity contribution < 1.29 is 9.53 Å². The normalized spacial score (nSPS) is 15.0. The highest BCUT2D eigenvalue weighted by Crippen LogP contribution is 2.12. The molecule has 132 valence electrons. The van der Waals surface area contributed by atoms with Crippen molar-refractivity contribution in [3.8, 4) is 5.75 Å². The predicted molar refractivity (Wildman–Crippen MR) is 97.8 cm³/mol. The summed E-state index contributed by atoms with van der Waals surface area (Å²) in [6, 6.07) is 15.6. The molecule has 6 heteroatoms. The Hall–Kier alpha value is -2.60. The quantitative estimate of drug-likeness (QED) is 0.772. The molecule has 3 rings (SSSR count). The Morgan fingerprint density at radius 2 is 1.80 bits per heavy atom. The zero-order valence-electron chi connectivity index (χ0n) is 14.3. The number of piperazine rings is 1. The Morgan fingerprint density at radius 3 is 2.52 bits per heavy atom. The third-order valence-corrected chi connectivity index (χ3v) is 4.15. The van der Waals surface area contributed by atoms with Crippen molar-refractivity contribution in [1.82, 2.24) is 15.2 Å². The lowest BCUT2D eigenvalue weighted by atomic mass is 10.3. The fourth-order valence-electron chi connectivity index (χ4n) is 2.81. The second-order valence-corrected chi connectivity index (χ2v) is 5.96. The zero-order valence-corrected chi connectivity index (χ0v) is 14.3. The Kier molecular flexibility index (Phi) is 6.23. The van der Waals surface area contributed by atoms with E-state index in [1.807, 2.05) is 54.7 Å². The summed E-state index contributed by atoms with van der Waals surface area (Å²) < 4.78 is 5.57. The van der Waals surface area contributed by atoms with Crippen LogP contribution in [0.15, 0.2) is 54.7 Å². The first-order chi connectivity index (χ1) is 12.3. The molecule has 1 N–H and O–H groups in total. The molecular weight excluding hydrogens is 316 g/mol. The highest BCUT2D eigenvalue weighted by molar-refractivity contribution is 5.78. The molecule has 0 atom stereocenters. The van der Waals surface area contributed by atoms with E-state index in [1.165, 1.54) is 0 Å². The molecule has 0 saturated carbocycles. The second kappa shape index (κ2) is 9.03. The summed E-state index contributed by atoms with van der Waals surface area (Å²) in [4.78, 5) is 20.8. The smallest absolute Gasteiger partial charge is 0.234 e. The molecule has 0 unspecified atom stereocenters. The number of rotatable bonds is 7. The van der Waals surface area contributed by atoms with Crippen molar-refractivity contribution in [3.63, 3.8) is 0 Å². The van der Waals surface area contributed by atoms with E-state index >= 15 is 0 Å². The Morgan fingerprint density at radius 1 is 1.04 bits per heavy atom. The third-order valence-electron chi connectivity index (χ3n) is 4.15. The molecule has 1 aromatic heterocycles. The van der Waals surface area contributed by atoms with Crippen molar-refractivity contribution in [2.24, 2.45) is 0 Å². The van der Waals surface area contributed by atoms with E-state index in [0.717, 1.165) is 37.7 Å². The number of carbonyl (C=O) groups is 1. The van der Waals surface area contributed by atoms with Gasteiger partial charge in [-0.15, -0.1) is 0 Å². The number of nitrogens with one attached hydrogen (secondary N) is 1. The van der Waals surface area contributed by atoms with Gasteiger partial charge in [0.05, 0.1) is 13.1 Å². The summed E-state index contributed by atoms with van der Waals surface area (Å²) in [5.41, 5.74) is 0. The summed E-state index contributed by atoms with van der Waals surface area (Å²) in [6.07, 6.45) is 1.81. The first-order valence-electron chi connectivity index (χ1n) is 8.64. The van der Waals surface area contributed by atoms with Gasteiger partial charge in [-0.05, 0) is 24.3 Å². The van der Waals surface area contributed by atoms with Crippen molar-refractivity contribution in [2.75, 3.05) is 50.8 Å². The summed E-state index contributed by atoms with van der Waals surface area (Å²) in [6.45, 7) is 4.93. The Balaban J connectivity index is 1.31. The molecule has 2 aromatic rings. The third kappa shape index (κ3) is 5.46. The SMILES string of the molecule is O=C(CN1CCN(c2ccccn2)CC1)NCCOc1ccccc1. The monoisotopic (exact) mass is 340 g/mol. The number of carbonyl (C=O) groups excluding carboxylic acids is 1. The van der Waals surface area contributed by atoms with E-state index in [9.17, 15) is 4.79 Å². The van der Waals surface area contributed by atoms with Gasteiger partial charge in [0.1, 0.15) is 18.2 Å². The van der Waals surface area contributed by atoms with Gasteiger partial charge in [-0.1, -0.05) is 24.3 Å². The summed E-state index contributed by atoms with van der Waals surface area (Å²) in [5, 5.41) is 2.91. The minimum absolute atomic E-state index is 0.0444. The van der Waals surface area contributed by atoms with E-state index in [-0.39, 0.29) is 5.91 Å². The lowest BCUT2D eigenvalue weighted by molar-refractivity contribution is -0.122. The van der Waals surface area contributed by atoms with Gasteiger partial charge in [-0.25, -0.2) is 4.98 Å². The van der Waals surface area contributed by atoms with Crippen LogP contribution >= 0.6 is 0 Å². The molecule has 1 saturated heterocycles. The molecule has 1 fully saturated rings. The average Bonchev–Trinajstić information content (AvgIpc) is 2.67. The number of ether oxygens (including phenoxy) is 1. The van der Waals surface area contributed by atoms with Crippen molar-refractivity contribution >= 4 is 11.7 Å². The minimum Gasteiger partial charge on any atom is -0.492 e. The summed E-state index contributed by atoms with van der Waals surface area (Å²) in [5.74, 6) is 1.87. The fourth-order valence-corrected chi connectivity index (χ4v) is 2.81. The second-order valence-electron chi connectivity index (χ2n) is 5.96. The van der Waals surface area contributed by atoms with Gasteiger partial charge < -0.3 is 15.0 Å². The van der Waals surface area contributed by atoms with E-state index in [4.69, 9.17) is 4.74 Å². The number of hydrogen-bond acceptors (Lipinski definition) is 5. The number of benzene rings is 1. The molecule has 0 spiro atoms. The van der Waals surface area contributed by atoms with Gasteiger partial charge in [0.25, 0.3) is 0 Å². The van der Waals surface area contributed by atoms with Crippen molar-refractivity contribution in [1.29, 1.82) is 0 Å². The number of aromatic nitrogens is 1. The maximum atomic E-state index is 12.0. The maximum Gasteiger partial charge on any atom is 0.234 e. The lowest BCUT2D eigenvalue weighted by Crippen LogP contribution is -2.50. The largest absolute Gasteiger partial charge is 0.492 e.